The summed E-state index contributed by atoms with van der Waals surface area (Å²) in [4.78, 5) is 17.3. The minimum Gasteiger partial charge on any atom is -0.340 e. The summed E-state index contributed by atoms with van der Waals surface area (Å²) in [7, 11) is -7.62. The second kappa shape index (κ2) is 7.87. The van der Waals surface area contributed by atoms with Gasteiger partial charge in [-0.2, -0.15) is 0 Å². The van der Waals surface area contributed by atoms with Gasteiger partial charge in [0, 0.05) is 23.2 Å². The van der Waals surface area contributed by atoms with Crippen LogP contribution in [0.2, 0.25) is 0 Å². The number of rotatable bonds is 5. The fourth-order valence-electron chi connectivity index (χ4n) is 4.22. The lowest BCUT2D eigenvalue weighted by atomic mass is 9.81. The third-order valence-electron chi connectivity index (χ3n) is 5.92. The second-order valence-corrected chi connectivity index (χ2v) is 12.7. The number of carbonyl (C=O) groups excluding carboxylic acids is 1. The van der Waals surface area contributed by atoms with Crippen molar-refractivity contribution in [3.63, 3.8) is 0 Å². The van der Waals surface area contributed by atoms with E-state index >= 15 is 0 Å². The van der Waals surface area contributed by atoms with Crippen LogP contribution in [0.4, 0.5) is 11.4 Å². The molecule has 0 radical (unpaired) electrons. The Morgan fingerprint density at radius 3 is 2.70 bits per heavy atom. The monoisotopic (exact) mass is 493 g/mol. The highest BCUT2D eigenvalue weighted by molar-refractivity contribution is 7.92. The molecule has 1 atom stereocenters. The molecule has 1 unspecified atom stereocenters. The van der Waals surface area contributed by atoms with Crippen LogP contribution < -0.4 is 14.8 Å². The Bertz CT molecular complexity index is 1380. The largest absolute Gasteiger partial charge is 0.340 e. The zero-order valence-corrected chi connectivity index (χ0v) is 20.5. The Hall–Kier alpha value is -2.86. The number of imidazole rings is 1. The lowest BCUT2D eigenvalue weighted by Gasteiger charge is -2.38. The summed E-state index contributed by atoms with van der Waals surface area (Å²) in [5.41, 5.74) is 0.684. The topological polar surface area (TPSA) is 139 Å². The molecule has 0 aliphatic carbocycles. The van der Waals surface area contributed by atoms with Crippen molar-refractivity contribution < 1.29 is 21.6 Å². The highest BCUT2D eigenvalue weighted by Crippen LogP contribution is 2.40. The van der Waals surface area contributed by atoms with Gasteiger partial charge in [-0.05, 0) is 43.9 Å². The SMILES string of the molecule is CC(C)CCC1(C)C/C(=C2\Nc3ccc(NS(C)(=O)=O)cc3S(=O)(=O)N2)C(=O)c2cncn21. The summed E-state index contributed by atoms with van der Waals surface area (Å²) in [6.45, 7) is 6.31. The fraction of sp³-hybridized carbons (Fsp3) is 0.429. The third kappa shape index (κ3) is 4.49. The molecule has 10 nitrogen and oxygen atoms in total. The number of sulfonamides is 2. The quantitative estimate of drug-likeness (QED) is 0.544. The lowest BCUT2D eigenvalue weighted by molar-refractivity contribution is 0.0968. The lowest BCUT2D eigenvalue weighted by Crippen LogP contribution is -2.42. The highest BCUT2D eigenvalue weighted by atomic mass is 32.2. The Morgan fingerprint density at radius 2 is 2.03 bits per heavy atom. The zero-order valence-electron chi connectivity index (χ0n) is 18.8. The fourth-order valence-corrected chi connectivity index (χ4v) is 6.02. The van der Waals surface area contributed by atoms with Crippen LogP contribution in [0.3, 0.4) is 0 Å². The molecule has 0 amide bonds. The first-order chi connectivity index (χ1) is 15.3. The number of nitrogens with zero attached hydrogens (tertiary/aromatic N) is 2. The average Bonchev–Trinajstić information content (AvgIpc) is 3.20. The molecule has 2 aliphatic heterocycles. The van der Waals surface area contributed by atoms with E-state index in [1.54, 1.807) is 6.33 Å². The molecule has 0 saturated heterocycles. The number of hydrogen-bond donors (Lipinski definition) is 3. The Kier molecular flexibility index (Phi) is 5.56. The van der Waals surface area contributed by atoms with Crippen molar-refractivity contribution in [2.24, 2.45) is 5.92 Å². The number of anilines is 2. The van der Waals surface area contributed by atoms with Crippen molar-refractivity contribution in [1.29, 1.82) is 0 Å². The molecule has 1 aromatic heterocycles. The summed E-state index contributed by atoms with van der Waals surface area (Å²) in [5, 5.41) is 3.03. The summed E-state index contributed by atoms with van der Waals surface area (Å²) in [6.07, 6.45) is 6.19. The molecule has 1 aromatic carbocycles. The molecule has 2 aromatic rings. The van der Waals surface area contributed by atoms with E-state index in [0.717, 1.165) is 19.1 Å². The number of fused-ring (bicyclic) bond motifs is 2. The number of benzene rings is 1. The van der Waals surface area contributed by atoms with Crippen molar-refractivity contribution in [2.45, 2.75) is 50.5 Å². The van der Waals surface area contributed by atoms with Gasteiger partial charge in [0.05, 0.1) is 24.5 Å². The van der Waals surface area contributed by atoms with E-state index in [4.69, 9.17) is 0 Å². The first-order valence-electron chi connectivity index (χ1n) is 10.5. The van der Waals surface area contributed by atoms with Gasteiger partial charge in [-0.1, -0.05) is 13.8 Å². The standard InChI is InChI=1S/C21H27N5O5S2/c1-13(2)7-8-21(3)10-15(19(27)17-11-22-12-26(17)21)20-23-16-6-5-14(24-32(4,28)29)9-18(16)33(30,31)25-20/h5-6,9,11-13,23-25H,7-8,10H2,1-4H3/b20-15-. The first kappa shape index (κ1) is 23.3. The van der Waals surface area contributed by atoms with Crippen LogP contribution in [0, 0.1) is 5.92 Å². The van der Waals surface area contributed by atoms with E-state index in [0.29, 0.717) is 23.6 Å². The Morgan fingerprint density at radius 1 is 1.30 bits per heavy atom. The van der Waals surface area contributed by atoms with Crippen LogP contribution in [-0.2, 0) is 25.6 Å². The van der Waals surface area contributed by atoms with Crippen LogP contribution in [0.15, 0.2) is 47.0 Å². The van der Waals surface area contributed by atoms with E-state index in [2.05, 4.69) is 33.6 Å². The van der Waals surface area contributed by atoms with E-state index in [1.165, 1.54) is 24.4 Å². The van der Waals surface area contributed by atoms with Gasteiger partial charge >= 0.3 is 0 Å². The predicted octanol–water partition coefficient (Wildman–Crippen LogP) is 2.61. The highest BCUT2D eigenvalue weighted by Gasteiger charge is 2.41. The molecular formula is C21H27N5O5S2. The van der Waals surface area contributed by atoms with Gasteiger partial charge in [0.15, 0.2) is 0 Å². The number of Topliss-reactive ketones (excluding diaryl/α,β-unsaturated/α-hetero) is 1. The molecule has 0 saturated carbocycles. The van der Waals surface area contributed by atoms with Crippen LogP contribution in [-0.4, -0.2) is 38.4 Å². The number of allylic oxidation sites excluding steroid dienone is 1. The van der Waals surface area contributed by atoms with Crippen LogP contribution in [0.5, 0.6) is 0 Å². The Labute approximate surface area is 193 Å². The molecular weight excluding hydrogens is 466 g/mol. The molecule has 178 valence electrons. The molecule has 0 spiro atoms. The number of nitrogens with one attached hydrogen (secondary N) is 3. The zero-order chi connectivity index (χ0) is 24.2. The molecule has 3 N–H and O–H groups in total. The van der Waals surface area contributed by atoms with Gasteiger partial charge in [-0.15, -0.1) is 0 Å². The van der Waals surface area contributed by atoms with Crippen LogP contribution in [0.1, 0.15) is 50.5 Å². The van der Waals surface area contributed by atoms with Gasteiger partial charge in [0.25, 0.3) is 10.0 Å². The summed E-state index contributed by atoms with van der Waals surface area (Å²) >= 11 is 0. The van der Waals surface area contributed by atoms with Crippen molar-refractivity contribution in [2.75, 3.05) is 16.3 Å². The number of carbonyl (C=O) groups is 1. The van der Waals surface area contributed by atoms with Gasteiger partial charge < -0.3 is 9.88 Å². The third-order valence-corrected chi connectivity index (χ3v) is 7.91. The normalized spacial score (nSPS) is 24.0. The van der Waals surface area contributed by atoms with Crippen molar-refractivity contribution in [3.05, 3.63) is 47.8 Å². The maximum Gasteiger partial charge on any atom is 0.265 e. The van der Waals surface area contributed by atoms with Gasteiger partial charge in [0.1, 0.15) is 16.4 Å². The van der Waals surface area contributed by atoms with E-state index in [-0.39, 0.29) is 27.9 Å². The molecule has 0 fully saturated rings. The van der Waals surface area contributed by atoms with Gasteiger partial charge in [0.2, 0.25) is 15.8 Å². The predicted molar refractivity (Wildman–Crippen MR) is 125 cm³/mol. The van der Waals surface area contributed by atoms with Crippen molar-refractivity contribution in [3.8, 4) is 0 Å². The average molecular weight is 494 g/mol. The molecule has 12 heteroatoms. The second-order valence-electron chi connectivity index (χ2n) is 9.25. The summed E-state index contributed by atoms with van der Waals surface area (Å²) in [5.74, 6) is 0.286. The van der Waals surface area contributed by atoms with E-state index < -0.39 is 25.6 Å². The molecule has 2 aliphatic rings. The number of aromatic nitrogens is 2. The molecule has 33 heavy (non-hydrogen) atoms. The number of hydrogen-bond acceptors (Lipinski definition) is 7. The van der Waals surface area contributed by atoms with E-state index in [9.17, 15) is 21.6 Å². The Balaban J connectivity index is 1.77. The smallest absolute Gasteiger partial charge is 0.265 e. The van der Waals surface area contributed by atoms with Crippen molar-refractivity contribution >= 4 is 37.2 Å². The maximum atomic E-state index is 13.3. The molecule has 4 rings (SSSR count). The van der Waals surface area contributed by atoms with Gasteiger partial charge in [-0.3, -0.25) is 14.2 Å². The first-order valence-corrected chi connectivity index (χ1v) is 13.9. The maximum absolute atomic E-state index is 13.3. The van der Waals surface area contributed by atoms with Crippen LogP contribution >= 0.6 is 0 Å². The van der Waals surface area contributed by atoms with E-state index in [1.807, 2.05) is 11.5 Å². The number of ketones is 1. The minimum atomic E-state index is -4.05. The van der Waals surface area contributed by atoms with Gasteiger partial charge in [-0.25, -0.2) is 21.8 Å². The van der Waals surface area contributed by atoms with Crippen molar-refractivity contribution in [1.82, 2.24) is 14.3 Å². The summed E-state index contributed by atoms with van der Waals surface area (Å²) < 4.78 is 55.7. The minimum absolute atomic E-state index is 0.111. The molecule has 0 bridgehead atoms. The summed E-state index contributed by atoms with van der Waals surface area (Å²) in [6, 6.07) is 4.16. The molecule has 3 heterocycles. The van der Waals surface area contributed by atoms with Crippen LogP contribution in [0.25, 0.3) is 0 Å².